The molecule has 2 rings (SSSR count). The predicted octanol–water partition coefficient (Wildman–Crippen LogP) is 1.71. The van der Waals surface area contributed by atoms with Crippen LogP contribution in [0.1, 0.15) is 12.5 Å². The molecule has 6 nitrogen and oxygen atoms in total. The molecule has 2 aromatic rings. The van der Waals surface area contributed by atoms with Gasteiger partial charge in [-0.2, -0.15) is 0 Å². The summed E-state index contributed by atoms with van der Waals surface area (Å²) in [6, 6.07) is 5.25. The van der Waals surface area contributed by atoms with E-state index < -0.39 is 0 Å². The molecule has 0 saturated carbocycles. The van der Waals surface area contributed by atoms with Crippen LogP contribution < -0.4 is 10.6 Å². The van der Waals surface area contributed by atoms with Crippen molar-refractivity contribution in [1.82, 2.24) is 20.2 Å². The SMILES string of the molecule is CN=C(NCc1ccc(-n2ccnc2)c(F)c1)NC(C)COC. The molecule has 0 aliphatic carbocycles. The molecule has 1 heterocycles. The second kappa shape index (κ2) is 8.28. The highest BCUT2D eigenvalue weighted by molar-refractivity contribution is 5.79. The number of guanidine groups is 1. The monoisotopic (exact) mass is 319 g/mol. The topological polar surface area (TPSA) is 63.5 Å². The average Bonchev–Trinajstić information content (AvgIpc) is 3.05. The first kappa shape index (κ1) is 17.0. The van der Waals surface area contributed by atoms with Gasteiger partial charge in [-0.05, 0) is 24.6 Å². The quantitative estimate of drug-likeness (QED) is 0.628. The highest BCUT2D eigenvalue weighted by Crippen LogP contribution is 2.14. The van der Waals surface area contributed by atoms with Crippen molar-refractivity contribution in [3.63, 3.8) is 0 Å². The van der Waals surface area contributed by atoms with E-state index in [4.69, 9.17) is 4.74 Å². The van der Waals surface area contributed by atoms with Crippen LogP contribution in [-0.2, 0) is 11.3 Å². The minimum Gasteiger partial charge on any atom is -0.383 e. The van der Waals surface area contributed by atoms with E-state index >= 15 is 0 Å². The zero-order chi connectivity index (χ0) is 16.7. The summed E-state index contributed by atoms with van der Waals surface area (Å²) in [4.78, 5) is 8.06. The van der Waals surface area contributed by atoms with Gasteiger partial charge in [-0.25, -0.2) is 9.37 Å². The summed E-state index contributed by atoms with van der Waals surface area (Å²) in [7, 11) is 3.34. The van der Waals surface area contributed by atoms with Gasteiger partial charge in [0.05, 0.1) is 18.6 Å². The summed E-state index contributed by atoms with van der Waals surface area (Å²) in [5.74, 6) is 0.353. The first-order valence-corrected chi connectivity index (χ1v) is 7.37. The maximum absolute atomic E-state index is 14.2. The van der Waals surface area contributed by atoms with Gasteiger partial charge in [0.1, 0.15) is 5.82 Å². The van der Waals surface area contributed by atoms with E-state index in [2.05, 4.69) is 20.6 Å². The average molecular weight is 319 g/mol. The molecule has 1 atom stereocenters. The van der Waals surface area contributed by atoms with E-state index in [0.29, 0.717) is 24.8 Å². The standard InChI is InChI=1S/C16H22FN5O/c1-12(10-23-3)21-16(18-2)20-9-13-4-5-15(14(17)8-13)22-7-6-19-11-22/h4-8,11-12H,9-10H2,1-3H3,(H2,18,20,21). The molecular formula is C16H22FN5O. The summed E-state index contributed by atoms with van der Waals surface area (Å²) in [6.45, 7) is 3.05. The maximum atomic E-state index is 14.2. The van der Waals surface area contributed by atoms with Gasteiger partial charge in [0.25, 0.3) is 0 Å². The Bertz CT molecular complexity index is 642. The predicted molar refractivity (Wildman–Crippen MR) is 88.2 cm³/mol. The molecule has 7 heteroatoms. The van der Waals surface area contributed by atoms with Crippen molar-refractivity contribution in [2.45, 2.75) is 19.5 Å². The normalized spacial score (nSPS) is 13.0. The lowest BCUT2D eigenvalue weighted by Gasteiger charge is -2.17. The summed E-state index contributed by atoms with van der Waals surface area (Å²) in [6.07, 6.45) is 4.89. The van der Waals surface area contributed by atoms with Crippen molar-refractivity contribution in [3.8, 4) is 5.69 Å². The van der Waals surface area contributed by atoms with Gasteiger partial charge in [0, 0.05) is 39.1 Å². The minimum absolute atomic E-state index is 0.131. The van der Waals surface area contributed by atoms with Crippen molar-refractivity contribution < 1.29 is 9.13 Å². The number of halogens is 1. The van der Waals surface area contributed by atoms with E-state index in [1.54, 1.807) is 43.5 Å². The molecule has 0 saturated heterocycles. The molecule has 0 aliphatic rings. The molecule has 124 valence electrons. The number of aliphatic imine (C=N–C) groups is 1. The Labute approximate surface area is 135 Å². The third-order valence-corrected chi connectivity index (χ3v) is 3.28. The largest absolute Gasteiger partial charge is 0.383 e. The first-order chi connectivity index (χ1) is 11.1. The van der Waals surface area contributed by atoms with Crippen LogP contribution in [0.25, 0.3) is 5.69 Å². The third kappa shape index (κ3) is 4.79. The molecule has 0 radical (unpaired) electrons. The van der Waals surface area contributed by atoms with E-state index in [0.717, 1.165) is 5.56 Å². The van der Waals surface area contributed by atoms with Crippen LogP contribution in [0.3, 0.4) is 0 Å². The molecule has 0 fully saturated rings. The second-order valence-corrected chi connectivity index (χ2v) is 5.18. The Balaban J connectivity index is 1.97. The molecule has 0 bridgehead atoms. The van der Waals surface area contributed by atoms with Gasteiger partial charge in [-0.3, -0.25) is 4.99 Å². The molecule has 0 amide bonds. The fraction of sp³-hybridized carbons (Fsp3) is 0.375. The molecule has 1 aromatic carbocycles. The Morgan fingerprint density at radius 3 is 2.91 bits per heavy atom. The Morgan fingerprint density at radius 2 is 2.30 bits per heavy atom. The first-order valence-electron chi connectivity index (χ1n) is 7.37. The van der Waals surface area contributed by atoms with Crippen molar-refractivity contribution in [2.24, 2.45) is 4.99 Å². The number of methoxy groups -OCH3 is 1. The van der Waals surface area contributed by atoms with Crippen LogP contribution in [0.5, 0.6) is 0 Å². The van der Waals surface area contributed by atoms with Crippen LogP contribution >= 0.6 is 0 Å². The third-order valence-electron chi connectivity index (χ3n) is 3.28. The van der Waals surface area contributed by atoms with Crippen LogP contribution in [0.4, 0.5) is 4.39 Å². The highest BCUT2D eigenvalue weighted by atomic mass is 19.1. The van der Waals surface area contributed by atoms with Gasteiger partial charge < -0.3 is 19.9 Å². The number of rotatable bonds is 6. The van der Waals surface area contributed by atoms with E-state index in [1.165, 1.54) is 6.07 Å². The lowest BCUT2D eigenvalue weighted by Crippen LogP contribution is -2.43. The van der Waals surface area contributed by atoms with Crippen molar-refractivity contribution >= 4 is 5.96 Å². The van der Waals surface area contributed by atoms with Crippen molar-refractivity contribution in [3.05, 3.63) is 48.3 Å². The summed E-state index contributed by atoms with van der Waals surface area (Å²) in [5.41, 5.74) is 1.30. The second-order valence-electron chi connectivity index (χ2n) is 5.18. The maximum Gasteiger partial charge on any atom is 0.191 e. The number of nitrogens with zero attached hydrogens (tertiary/aromatic N) is 3. The fourth-order valence-electron chi connectivity index (χ4n) is 2.18. The number of benzene rings is 1. The summed E-state index contributed by atoms with van der Waals surface area (Å²) < 4.78 is 20.9. The van der Waals surface area contributed by atoms with E-state index in [-0.39, 0.29) is 11.9 Å². The molecule has 0 spiro atoms. The molecule has 1 aromatic heterocycles. The minimum atomic E-state index is -0.294. The zero-order valence-corrected chi connectivity index (χ0v) is 13.6. The molecular weight excluding hydrogens is 297 g/mol. The van der Waals surface area contributed by atoms with Crippen LogP contribution in [0, 0.1) is 5.82 Å². The van der Waals surface area contributed by atoms with Gasteiger partial charge >= 0.3 is 0 Å². The van der Waals surface area contributed by atoms with Crippen molar-refractivity contribution in [2.75, 3.05) is 20.8 Å². The molecule has 23 heavy (non-hydrogen) atoms. The Morgan fingerprint density at radius 1 is 1.48 bits per heavy atom. The highest BCUT2D eigenvalue weighted by Gasteiger charge is 2.07. The van der Waals surface area contributed by atoms with Gasteiger partial charge in [-0.1, -0.05) is 6.07 Å². The lowest BCUT2D eigenvalue weighted by atomic mass is 10.2. The Hall–Kier alpha value is -2.41. The number of nitrogens with one attached hydrogen (secondary N) is 2. The number of hydrogen-bond donors (Lipinski definition) is 2. The molecule has 1 unspecified atom stereocenters. The van der Waals surface area contributed by atoms with Crippen LogP contribution in [0.15, 0.2) is 41.9 Å². The van der Waals surface area contributed by atoms with E-state index in [1.807, 2.05) is 13.0 Å². The molecule has 0 aliphatic heterocycles. The van der Waals surface area contributed by atoms with Crippen LogP contribution in [0.2, 0.25) is 0 Å². The van der Waals surface area contributed by atoms with Gasteiger partial charge in [0.15, 0.2) is 5.96 Å². The number of imidazole rings is 1. The lowest BCUT2D eigenvalue weighted by molar-refractivity contribution is 0.179. The van der Waals surface area contributed by atoms with Crippen LogP contribution in [-0.4, -0.2) is 42.3 Å². The number of aromatic nitrogens is 2. The van der Waals surface area contributed by atoms with Gasteiger partial charge in [-0.15, -0.1) is 0 Å². The number of hydrogen-bond acceptors (Lipinski definition) is 3. The summed E-state index contributed by atoms with van der Waals surface area (Å²) >= 11 is 0. The van der Waals surface area contributed by atoms with Gasteiger partial charge in [0.2, 0.25) is 0 Å². The number of ether oxygens (including phenoxy) is 1. The van der Waals surface area contributed by atoms with E-state index in [9.17, 15) is 4.39 Å². The summed E-state index contributed by atoms with van der Waals surface area (Å²) in [5, 5.41) is 6.35. The Kier molecular flexibility index (Phi) is 6.10. The van der Waals surface area contributed by atoms with Crippen molar-refractivity contribution in [1.29, 1.82) is 0 Å². The molecule has 2 N–H and O–H groups in total. The smallest absolute Gasteiger partial charge is 0.191 e. The fourth-order valence-corrected chi connectivity index (χ4v) is 2.18. The zero-order valence-electron chi connectivity index (χ0n) is 13.6.